The predicted molar refractivity (Wildman–Crippen MR) is 97.8 cm³/mol. The summed E-state index contributed by atoms with van der Waals surface area (Å²) in [6.07, 6.45) is 2.49. The zero-order valence-electron chi connectivity index (χ0n) is 13.5. The molecule has 4 nitrogen and oxygen atoms in total. The van der Waals surface area contributed by atoms with Gasteiger partial charge >= 0.3 is 0 Å². The van der Waals surface area contributed by atoms with Gasteiger partial charge in [-0.2, -0.15) is 4.31 Å². The van der Waals surface area contributed by atoms with Crippen molar-refractivity contribution < 1.29 is 13.2 Å². The third kappa shape index (κ3) is 3.50. The molecule has 1 aliphatic rings. The molecule has 1 heterocycles. The lowest BCUT2D eigenvalue weighted by atomic mass is 10.1. The Bertz CT molecular complexity index is 808. The Morgan fingerprint density at radius 3 is 2.67 bits per heavy atom. The fourth-order valence-corrected chi connectivity index (χ4v) is 5.58. The van der Waals surface area contributed by atoms with E-state index in [1.807, 2.05) is 30.3 Å². The molecule has 1 aliphatic heterocycles. The molecular formula is C18H20BrNO3S. The molecule has 0 N–H and O–H groups in total. The van der Waals surface area contributed by atoms with Crippen LogP contribution in [0.25, 0.3) is 0 Å². The number of ether oxygens (including phenoxy) is 1. The fourth-order valence-electron chi connectivity index (χ4n) is 3.19. The van der Waals surface area contributed by atoms with Gasteiger partial charge in [0.15, 0.2) is 0 Å². The van der Waals surface area contributed by atoms with Crippen LogP contribution in [-0.4, -0.2) is 32.4 Å². The molecule has 0 aliphatic carbocycles. The number of hydrogen-bond acceptors (Lipinski definition) is 3. The molecule has 0 saturated carbocycles. The first-order valence-electron chi connectivity index (χ1n) is 7.91. The van der Waals surface area contributed by atoms with E-state index in [9.17, 15) is 8.42 Å². The lowest BCUT2D eigenvalue weighted by Gasteiger charge is -2.25. The lowest BCUT2D eigenvalue weighted by Crippen LogP contribution is -2.37. The van der Waals surface area contributed by atoms with Crippen molar-refractivity contribution >= 4 is 26.0 Å². The average Bonchev–Trinajstić information content (AvgIpc) is 3.04. The van der Waals surface area contributed by atoms with Crippen molar-refractivity contribution in [3.8, 4) is 5.75 Å². The topological polar surface area (TPSA) is 46.6 Å². The maximum atomic E-state index is 13.2. The number of nitrogens with zero attached hydrogens (tertiary/aromatic N) is 1. The third-order valence-electron chi connectivity index (χ3n) is 4.35. The smallest absolute Gasteiger partial charge is 0.247 e. The highest BCUT2D eigenvalue weighted by Gasteiger charge is 2.36. The van der Waals surface area contributed by atoms with Crippen LogP contribution in [0.3, 0.4) is 0 Å². The zero-order chi connectivity index (χ0) is 17.2. The average molecular weight is 410 g/mol. The number of methoxy groups -OCH3 is 1. The standard InChI is InChI=1S/C18H20BrNO3S/c1-23-17-10-9-15(19)13-18(17)24(21,22)20-11-5-8-16(20)12-14-6-3-2-4-7-14/h2-4,6-7,9-10,13,16H,5,8,11-12H2,1H3/t16-/m1/s1. The van der Waals surface area contributed by atoms with Crippen LogP contribution in [0.2, 0.25) is 0 Å². The second-order valence-corrected chi connectivity index (χ2v) is 8.67. The summed E-state index contributed by atoms with van der Waals surface area (Å²) in [7, 11) is -2.10. The van der Waals surface area contributed by atoms with E-state index in [0.29, 0.717) is 12.3 Å². The van der Waals surface area contributed by atoms with Crippen LogP contribution in [-0.2, 0) is 16.4 Å². The number of halogens is 1. The summed E-state index contributed by atoms with van der Waals surface area (Å²) in [6.45, 7) is 0.551. The van der Waals surface area contributed by atoms with Crippen molar-refractivity contribution in [2.24, 2.45) is 0 Å². The fraction of sp³-hybridized carbons (Fsp3) is 0.333. The van der Waals surface area contributed by atoms with E-state index in [1.54, 1.807) is 22.5 Å². The number of sulfonamides is 1. The van der Waals surface area contributed by atoms with E-state index < -0.39 is 10.0 Å². The monoisotopic (exact) mass is 409 g/mol. The molecule has 0 aromatic heterocycles. The molecule has 3 rings (SSSR count). The Morgan fingerprint density at radius 2 is 1.96 bits per heavy atom. The van der Waals surface area contributed by atoms with Gasteiger partial charge in [0, 0.05) is 17.1 Å². The summed E-state index contributed by atoms with van der Waals surface area (Å²) in [6, 6.07) is 15.1. The lowest BCUT2D eigenvalue weighted by molar-refractivity contribution is 0.374. The number of hydrogen-bond donors (Lipinski definition) is 0. The van der Waals surface area contributed by atoms with Crippen molar-refractivity contribution in [2.75, 3.05) is 13.7 Å². The summed E-state index contributed by atoms with van der Waals surface area (Å²) >= 11 is 3.36. The normalized spacial score (nSPS) is 18.7. The first kappa shape index (κ1) is 17.5. The summed E-state index contributed by atoms with van der Waals surface area (Å²) in [4.78, 5) is 0.222. The maximum Gasteiger partial charge on any atom is 0.247 e. The molecular weight excluding hydrogens is 390 g/mol. The molecule has 24 heavy (non-hydrogen) atoms. The Labute approximate surface area is 151 Å². The molecule has 0 unspecified atom stereocenters. The van der Waals surface area contributed by atoms with Crippen molar-refractivity contribution in [3.05, 3.63) is 58.6 Å². The largest absolute Gasteiger partial charge is 0.495 e. The van der Waals surface area contributed by atoms with Crippen molar-refractivity contribution in [1.82, 2.24) is 4.31 Å². The zero-order valence-corrected chi connectivity index (χ0v) is 15.9. The highest BCUT2D eigenvalue weighted by Crippen LogP contribution is 2.34. The van der Waals surface area contributed by atoms with Crippen LogP contribution < -0.4 is 4.74 Å². The summed E-state index contributed by atoms with van der Waals surface area (Å²) in [5.41, 5.74) is 1.16. The van der Waals surface area contributed by atoms with E-state index in [0.717, 1.165) is 29.3 Å². The van der Waals surface area contributed by atoms with Gasteiger partial charge in [0.2, 0.25) is 10.0 Å². The molecule has 0 amide bonds. The van der Waals surface area contributed by atoms with Gasteiger partial charge in [-0.3, -0.25) is 0 Å². The molecule has 0 spiro atoms. The van der Waals surface area contributed by atoms with E-state index in [4.69, 9.17) is 4.74 Å². The van der Waals surface area contributed by atoms with Gasteiger partial charge < -0.3 is 4.74 Å². The van der Waals surface area contributed by atoms with Crippen LogP contribution in [0.1, 0.15) is 18.4 Å². The molecule has 1 fully saturated rings. The van der Waals surface area contributed by atoms with Gasteiger partial charge in [-0.05, 0) is 43.0 Å². The quantitative estimate of drug-likeness (QED) is 0.752. The van der Waals surface area contributed by atoms with Crippen molar-refractivity contribution in [3.63, 3.8) is 0 Å². The van der Waals surface area contributed by atoms with E-state index >= 15 is 0 Å². The second kappa shape index (κ2) is 7.25. The molecule has 6 heteroatoms. The first-order valence-corrected chi connectivity index (χ1v) is 10.1. The predicted octanol–water partition coefficient (Wildman–Crippen LogP) is 3.85. The van der Waals surface area contributed by atoms with Crippen molar-refractivity contribution in [1.29, 1.82) is 0 Å². The van der Waals surface area contributed by atoms with Crippen molar-refractivity contribution in [2.45, 2.75) is 30.2 Å². The summed E-state index contributed by atoms with van der Waals surface area (Å²) < 4.78 is 34.0. The molecule has 1 atom stereocenters. The van der Waals surface area contributed by atoms with Crippen LogP contribution >= 0.6 is 15.9 Å². The Morgan fingerprint density at radius 1 is 1.21 bits per heavy atom. The minimum atomic E-state index is -3.59. The highest BCUT2D eigenvalue weighted by molar-refractivity contribution is 9.10. The van der Waals surface area contributed by atoms with Gasteiger partial charge in [0.1, 0.15) is 10.6 Å². The summed E-state index contributed by atoms with van der Waals surface area (Å²) in [5, 5.41) is 0. The van der Waals surface area contributed by atoms with E-state index in [1.165, 1.54) is 7.11 Å². The molecule has 0 radical (unpaired) electrons. The highest BCUT2D eigenvalue weighted by atomic mass is 79.9. The first-order chi connectivity index (χ1) is 11.5. The Balaban J connectivity index is 1.92. The Kier molecular flexibility index (Phi) is 5.27. The summed E-state index contributed by atoms with van der Waals surface area (Å²) in [5.74, 6) is 0.378. The van der Waals surface area contributed by atoms with Gasteiger partial charge in [0.05, 0.1) is 7.11 Å². The number of benzene rings is 2. The molecule has 2 aromatic rings. The second-order valence-electron chi connectivity index (χ2n) is 5.90. The van der Waals surface area contributed by atoms with Gasteiger partial charge in [-0.25, -0.2) is 8.42 Å². The van der Waals surface area contributed by atoms with E-state index in [-0.39, 0.29) is 10.9 Å². The van der Waals surface area contributed by atoms with Crippen LogP contribution in [0.5, 0.6) is 5.75 Å². The Hall–Kier alpha value is -1.37. The molecule has 0 bridgehead atoms. The minimum absolute atomic E-state index is 0.0129. The van der Waals surface area contributed by atoms with Gasteiger partial charge in [-0.1, -0.05) is 46.3 Å². The maximum absolute atomic E-state index is 13.2. The van der Waals surface area contributed by atoms with Gasteiger partial charge in [0.25, 0.3) is 0 Å². The van der Waals surface area contributed by atoms with Crippen LogP contribution in [0.15, 0.2) is 57.9 Å². The van der Waals surface area contributed by atoms with Gasteiger partial charge in [-0.15, -0.1) is 0 Å². The minimum Gasteiger partial charge on any atom is -0.495 e. The molecule has 128 valence electrons. The molecule has 2 aromatic carbocycles. The SMILES string of the molecule is COc1ccc(Br)cc1S(=O)(=O)N1CCC[C@@H]1Cc1ccccc1. The van der Waals surface area contributed by atoms with Crippen LogP contribution in [0, 0.1) is 0 Å². The van der Waals surface area contributed by atoms with E-state index in [2.05, 4.69) is 15.9 Å². The number of rotatable bonds is 5. The third-order valence-corrected chi connectivity index (χ3v) is 6.82. The molecule has 1 saturated heterocycles. The van der Waals surface area contributed by atoms with Crippen LogP contribution in [0.4, 0.5) is 0 Å².